The highest BCUT2D eigenvalue weighted by molar-refractivity contribution is 5.72. The second kappa shape index (κ2) is 4.26. The molecule has 1 heterocycles. The molecule has 0 bridgehead atoms. The van der Waals surface area contributed by atoms with E-state index >= 15 is 0 Å². The molecule has 2 aromatic rings. The summed E-state index contributed by atoms with van der Waals surface area (Å²) >= 11 is 0. The first kappa shape index (κ1) is 10.5. The summed E-state index contributed by atoms with van der Waals surface area (Å²) in [5.41, 5.74) is 8.39. The van der Waals surface area contributed by atoms with Gasteiger partial charge in [0.15, 0.2) is 0 Å². The smallest absolute Gasteiger partial charge is 0.119 e. The molecule has 1 aromatic heterocycles. The Morgan fingerprint density at radius 1 is 1.44 bits per heavy atom. The highest BCUT2D eigenvalue weighted by atomic mass is 16.5. The maximum atomic E-state index is 5.92. The molecule has 0 radical (unpaired) electrons. The van der Waals surface area contributed by atoms with Gasteiger partial charge >= 0.3 is 0 Å². The van der Waals surface area contributed by atoms with Gasteiger partial charge in [0.25, 0.3) is 0 Å². The number of nitrogen functional groups attached to an aromatic ring is 1. The van der Waals surface area contributed by atoms with Gasteiger partial charge in [-0.3, -0.25) is 4.68 Å². The number of nitrogens with two attached hydrogens (primary N) is 1. The van der Waals surface area contributed by atoms with E-state index in [9.17, 15) is 0 Å². The first-order valence-corrected chi connectivity index (χ1v) is 5.22. The zero-order valence-corrected chi connectivity index (χ0v) is 9.47. The van der Waals surface area contributed by atoms with Crippen molar-refractivity contribution >= 4 is 5.69 Å². The fourth-order valence-electron chi connectivity index (χ4n) is 1.59. The molecule has 2 N–H and O–H groups in total. The fraction of sp³-hybridized carbons (Fsp3) is 0.250. The van der Waals surface area contributed by atoms with E-state index in [1.807, 2.05) is 42.1 Å². The molecule has 0 aliphatic heterocycles. The molecule has 4 nitrogen and oxygen atoms in total. The van der Waals surface area contributed by atoms with Gasteiger partial charge in [0, 0.05) is 18.3 Å². The van der Waals surface area contributed by atoms with E-state index in [1.165, 1.54) is 0 Å². The topological polar surface area (TPSA) is 53.1 Å². The number of aromatic nitrogens is 2. The Bertz CT molecular complexity index is 491. The highest BCUT2D eigenvalue weighted by Crippen LogP contribution is 2.26. The third-order valence-electron chi connectivity index (χ3n) is 2.46. The van der Waals surface area contributed by atoms with E-state index in [2.05, 4.69) is 5.10 Å². The average Bonchev–Trinajstić information content (AvgIpc) is 2.71. The van der Waals surface area contributed by atoms with Gasteiger partial charge < -0.3 is 10.5 Å². The lowest BCUT2D eigenvalue weighted by Gasteiger charge is -2.02. The summed E-state index contributed by atoms with van der Waals surface area (Å²) in [5, 5.41) is 4.41. The molecule has 0 unspecified atom stereocenters. The van der Waals surface area contributed by atoms with E-state index in [0.29, 0.717) is 5.69 Å². The maximum absolute atomic E-state index is 5.92. The third-order valence-corrected chi connectivity index (χ3v) is 2.46. The van der Waals surface area contributed by atoms with Crippen LogP contribution in [-0.2, 0) is 6.54 Å². The predicted molar refractivity (Wildman–Crippen MR) is 64.3 cm³/mol. The lowest BCUT2D eigenvalue weighted by Crippen LogP contribution is -1.94. The van der Waals surface area contributed by atoms with Crippen LogP contribution in [0.2, 0.25) is 0 Å². The number of rotatable bonds is 3. The maximum Gasteiger partial charge on any atom is 0.119 e. The van der Waals surface area contributed by atoms with Gasteiger partial charge in [-0.25, -0.2) is 0 Å². The Morgan fingerprint density at radius 3 is 2.88 bits per heavy atom. The zero-order chi connectivity index (χ0) is 11.5. The number of anilines is 1. The first-order chi connectivity index (χ1) is 7.74. The Morgan fingerprint density at radius 2 is 2.25 bits per heavy atom. The lowest BCUT2D eigenvalue weighted by molar-refractivity contribution is 0.415. The van der Waals surface area contributed by atoms with Crippen LogP contribution >= 0.6 is 0 Å². The van der Waals surface area contributed by atoms with Gasteiger partial charge in [0.1, 0.15) is 11.4 Å². The molecule has 0 aliphatic carbocycles. The summed E-state index contributed by atoms with van der Waals surface area (Å²) in [6, 6.07) is 7.73. The van der Waals surface area contributed by atoms with Gasteiger partial charge in [0.05, 0.1) is 12.8 Å². The van der Waals surface area contributed by atoms with E-state index < -0.39 is 0 Å². The predicted octanol–water partition coefficient (Wildman–Crippen LogP) is 2.16. The van der Waals surface area contributed by atoms with E-state index in [4.69, 9.17) is 10.5 Å². The summed E-state index contributed by atoms with van der Waals surface area (Å²) in [7, 11) is 1.65. The highest BCUT2D eigenvalue weighted by Gasteiger charge is 2.08. The molecule has 0 fully saturated rings. The summed E-state index contributed by atoms with van der Waals surface area (Å²) in [6.45, 7) is 2.84. The summed E-state index contributed by atoms with van der Waals surface area (Å²) in [6.07, 6.45) is 1.84. The summed E-state index contributed by atoms with van der Waals surface area (Å²) in [5.74, 6) is 0.808. The Hall–Kier alpha value is -1.97. The summed E-state index contributed by atoms with van der Waals surface area (Å²) in [4.78, 5) is 0. The van der Waals surface area contributed by atoms with Crippen molar-refractivity contribution < 1.29 is 4.74 Å². The molecule has 0 saturated carbocycles. The van der Waals surface area contributed by atoms with Gasteiger partial charge in [-0.15, -0.1) is 0 Å². The van der Waals surface area contributed by atoms with Crippen molar-refractivity contribution in [2.24, 2.45) is 0 Å². The van der Waals surface area contributed by atoms with Crippen LogP contribution < -0.4 is 10.5 Å². The SMILES string of the molecule is CCn1cc(N)c(-c2cccc(OC)c2)n1. The quantitative estimate of drug-likeness (QED) is 0.857. The number of hydrogen-bond donors (Lipinski definition) is 1. The average molecular weight is 217 g/mol. The molecule has 0 atom stereocenters. The van der Waals surface area contributed by atoms with Crippen LogP contribution in [0.5, 0.6) is 5.75 Å². The van der Waals surface area contributed by atoms with Crippen LogP contribution in [0.15, 0.2) is 30.5 Å². The minimum absolute atomic E-state index is 0.690. The van der Waals surface area contributed by atoms with Crippen LogP contribution in [0.1, 0.15) is 6.92 Å². The van der Waals surface area contributed by atoms with E-state index in [1.54, 1.807) is 7.11 Å². The van der Waals surface area contributed by atoms with Crippen molar-refractivity contribution in [3.05, 3.63) is 30.5 Å². The van der Waals surface area contributed by atoms with Gasteiger partial charge in [-0.2, -0.15) is 5.10 Å². The lowest BCUT2D eigenvalue weighted by atomic mass is 10.1. The molecule has 1 aromatic carbocycles. The van der Waals surface area contributed by atoms with Crippen molar-refractivity contribution in [1.82, 2.24) is 9.78 Å². The van der Waals surface area contributed by atoms with Crippen LogP contribution in [0.3, 0.4) is 0 Å². The standard InChI is InChI=1S/C12H15N3O/c1-3-15-8-11(13)12(14-15)9-5-4-6-10(7-9)16-2/h4-8H,3,13H2,1-2H3. The van der Waals surface area contributed by atoms with Crippen LogP contribution in [-0.4, -0.2) is 16.9 Å². The van der Waals surface area contributed by atoms with Gasteiger partial charge in [-0.05, 0) is 19.1 Å². The minimum Gasteiger partial charge on any atom is -0.497 e. The number of methoxy groups -OCH3 is 1. The largest absolute Gasteiger partial charge is 0.497 e. The second-order valence-electron chi connectivity index (χ2n) is 3.52. The van der Waals surface area contributed by atoms with Gasteiger partial charge in [-0.1, -0.05) is 12.1 Å². The minimum atomic E-state index is 0.690. The molecular weight excluding hydrogens is 202 g/mol. The fourth-order valence-corrected chi connectivity index (χ4v) is 1.59. The molecule has 0 aliphatic rings. The van der Waals surface area contributed by atoms with Crippen LogP contribution in [0.4, 0.5) is 5.69 Å². The van der Waals surface area contributed by atoms with Crippen molar-refractivity contribution in [3.63, 3.8) is 0 Å². The zero-order valence-electron chi connectivity index (χ0n) is 9.47. The molecule has 84 valence electrons. The summed E-state index contributed by atoms with van der Waals surface area (Å²) < 4.78 is 7.00. The molecule has 0 saturated heterocycles. The van der Waals surface area contributed by atoms with Gasteiger partial charge in [0.2, 0.25) is 0 Å². The second-order valence-corrected chi connectivity index (χ2v) is 3.52. The third kappa shape index (κ3) is 1.86. The monoisotopic (exact) mass is 217 g/mol. The van der Waals surface area contributed by atoms with Crippen molar-refractivity contribution in [1.29, 1.82) is 0 Å². The number of hydrogen-bond acceptors (Lipinski definition) is 3. The molecule has 0 spiro atoms. The Balaban J connectivity index is 2.45. The number of benzene rings is 1. The molecule has 4 heteroatoms. The molecular formula is C12H15N3O. The van der Waals surface area contributed by atoms with E-state index in [0.717, 1.165) is 23.6 Å². The van der Waals surface area contributed by atoms with Crippen LogP contribution in [0, 0.1) is 0 Å². The van der Waals surface area contributed by atoms with Crippen molar-refractivity contribution in [2.75, 3.05) is 12.8 Å². The van der Waals surface area contributed by atoms with Crippen molar-refractivity contribution in [3.8, 4) is 17.0 Å². The molecule has 2 rings (SSSR count). The number of aryl methyl sites for hydroxylation is 1. The Kier molecular flexibility index (Phi) is 2.81. The first-order valence-electron chi connectivity index (χ1n) is 5.22. The van der Waals surface area contributed by atoms with E-state index in [-0.39, 0.29) is 0 Å². The van der Waals surface area contributed by atoms with Crippen molar-refractivity contribution in [2.45, 2.75) is 13.5 Å². The Labute approximate surface area is 94.6 Å². The molecule has 16 heavy (non-hydrogen) atoms. The normalized spacial score (nSPS) is 10.4. The molecule has 0 amide bonds. The number of nitrogens with zero attached hydrogens (tertiary/aromatic N) is 2. The number of ether oxygens (including phenoxy) is 1. The van der Waals surface area contributed by atoms with Crippen LogP contribution in [0.25, 0.3) is 11.3 Å².